The third kappa shape index (κ3) is 2.62. The largest absolute Gasteiger partial charge is 0.448 e. The molecule has 8 nitrogen and oxygen atoms in total. The summed E-state index contributed by atoms with van der Waals surface area (Å²) in [6, 6.07) is 6.79. The quantitative estimate of drug-likeness (QED) is 0.750. The number of nitrogens with zero attached hydrogens (tertiary/aromatic N) is 2. The standard InChI is InChI=1S/C16H14N4O4/c21-12(19-16(23)18-9-5-6-9)7-20-8-17-13-10-3-1-2-4-11(10)24-14(13)15(20)22/h1-4,8-9H,5-7H2,(H2,18,19,21,23). The van der Waals surface area contributed by atoms with Gasteiger partial charge in [-0.2, -0.15) is 0 Å². The summed E-state index contributed by atoms with van der Waals surface area (Å²) in [5.41, 5.74) is 0.643. The van der Waals surface area contributed by atoms with Crippen LogP contribution >= 0.6 is 0 Å². The van der Waals surface area contributed by atoms with Crippen LogP contribution < -0.4 is 16.2 Å². The zero-order valence-corrected chi connectivity index (χ0v) is 12.6. The number of aromatic nitrogens is 2. The predicted octanol–water partition coefficient (Wildman–Crippen LogP) is 1.13. The third-order valence-corrected chi connectivity index (χ3v) is 3.83. The van der Waals surface area contributed by atoms with Crippen molar-refractivity contribution >= 4 is 34.0 Å². The number of rotatable bonds is 3. The molecule has 2 heterocycles. The van der Waals surface area contributed by atoms with Crippen LogP contribution in [0.5, 0.6) is 0 Å². The molecular weight excluding hydrogens is 312 g/mol. The van der Waals surface area contributed by atoms with E-state index in [0.717, 1.165) is 22.8 Å². The number of amides is 3. The Balaban J connectivity index is 1.58. The Morgan fingerprint density at radius 3 is 2.88 bits per heavy atom. The lowest BCUT2D eigenvalue weighted by Gasteiger charge is -2.06. The number of carbonyl (C=O) groups excluding carboxylic acids is 2. The Morgan fingerprint density at radius 1 is 1.29 bits per heavy atom. The maximum atomic E-state index is 12.5. The van der Waals surface area contributed by atoms with Crippen LogP contribution in [0.1, 0.15) is 12.8 Å². The second-order valence-electron chi connectivity index (χ2n) is 5.75. The van der Waals surface area contributed by atoms with Crippen LogP contribution in [-0.4, -0.2) is 27.5 Å². The second kappa shape index (κ2) is 5.48. The first kappa shape index (κ1) is 14.4. The lowest BCUT2D eigenvalue weighted by Crippen LogP contribution is -2.42. The summed E-state index contributed by atoms with van der Waals surface area (Å²) in [7, 11) is 0. The third-order valence-electron chi connectivity index (χ3n) is 3.83. The normalized spacial score (nSPS) is 14.0. The minimum absolute atomic E-state index is 0.0916. The molecular formula is C16H14N4O4. The minimum Gasteiger partial charge on any atom is -0.448 e. The molecule has 1 fully saturated rings. The van der Waals surface area contributed by atoms with Gasteiger partial charge in [-0.05, 0) is 25.0 Å². The molecule has 2 N–H and O–H groups in total. The van der Waals surface area contributed by atoms with Crippen LogP contribution in [0.4, 0.5) is 4.79 Å². The predicted molar refractivity (Wildman–Crippen MR) is 85.5 cm³/mol. The van der Waals surface area contributed by atoms with Crippen molar-refractivity contribution < 1.29 is 14.0 Å². The van der Waals surface area contributed by atoms with Gasteiger partial charge in [0.1, 0.15) is 17.6 Å². The van der Waals surface area contributed by atoms with Crippen LogP contribution in [0.2, 0.25) is 0 Å². The van der Waals surface area contributed by atoms with Gasteiger partial charge in [-0.25, -0.2) is 9.78 Å². The van der Waals surface area contributed by atoms with E-state index in [4.69, 9.17) is 4.42 Å². The highest BCUT2D eigenvalue weighted by Crippen LogP contribution is 2.23. The minimum atomic E-state index is -0.590. The highest BCUT2D eigenvalue weighted by Gasteiger charge is 2.24. The van der Waals surface area contributed by atoms with Crippen LogP contribution in [0.3, 0.4) is 0 Å². The summed E-state index contributed by atoms with van der Waals surface area (Å²) < 4.78 is 6.66. The van der Waals surface area contributed by atoms with E-state index in [1.165, 1.54) is 6.33 Å². The van der Waals surface area contributed by atoms with Crippen LogP contribution in [0.25, 0.3) is 22.1 Å². The van der Waals surface area contributed by atoms with Gasteiger partial charge in [0.05, 0.1) is 6.33 Å². The van der Waals surface area contributed by atoms with E-state index in [1.54, 1.807) is 12.1 Å². The van der Waals surface area contributed by atoms with Crippen LogP contribution in [0, 0.1) is 0 Å². The Bertz CT molecular complexity index is 1020. The zero-order valence-electron chi connectivity index (χ0n) is 12.6. The number of carbonyl (C=O) groups is 2. The van der Waals surface area contributed by atoms with Crippen molar-refractivity contribution in [2.24, 2.45) is 0 Å². The molecule has 3 aromatic rings. The molecule has 0 radical (unpaired) electrons. The monoisotopic (exact) mass is 326 g/mol. The SMILES string of the molecule is O=C(Cn1cnc2c(oc3ccccc32)c1=O)NC(=O)NC1CC1. The van der Waals surface area contributed by atoms with Gasteiger partial charge in [-0.3, -0.25) is 19.5 Å². The number of furan rings is 1. The topological polar surface area (TPSA) is 106 Å². The molecule has 1 aliphatic rings. The summed E-state index contributed by atoms with van der Waals surface area (Å²) in [5, 5.41) is 5.58. The Morgan fingerprint density at radius 2 is 2.08 bits per heavy atom. The molecule has 1 aliphatic carbocycles. The molecule has 2 aromatic heterocycles. The van der Waals surface area contributed by atoms with Gasteiger partial charge in [-0.15, -0.1) is 0 Å². The number of imide groups is 1. The van der Waals surface area contributed by atoms with Gasteiger partial charge in [0.15, 0.2) is 0 Å². The average molecular weight is 326 g/mol. The van der Waals surface area contributed by atoms with Crippen molar-refractivity contribution in [1.82, 2.24) is 20.2 Å². The van der Waals surface area contributed by atoms with Crippen molar-refractivity contribution in [3.63, 3.8) is 0 Å². The zero-order chi connectivity index (χ0) is 16.7. The summed E-state index contributed by atoms with van der Waals surface area (Å²) >= 11 is 0. The first-order chi connectivity index (χ1) is 11.6. The van der Waals surface area contributed by atoms with Crippen LogP contribution in [-0.2, 0) is 11.3 Å². The number of fused-ring (bicyclic) bond motifs is 3. The Kier molecular flexibility index (Phi) is 3.30. The van der Waals surface area contributed by atoms with E-state index in [-0.39, 0.29) is 18.2 Å². The Hall–Kier alpha value is -3.16. The van der Waals surface area contributed by atoms with Crippen molar-refractivity contribution in [2.75, 3.05) is 0 Å². The molecule has 0 bridgehead atoms. The molecule has 3 amide bonds. The highest BCUT2D eigenvalue weighted by atomic mass is 16.3. The second-order valence-corrected chi connectivity index (χ2v) is 5.75. The highest BCUT2D eigenvalue weighted by molar-refractivity contribution is 6.01. The molecule has 24 heavy (non-hydrogen) atoms. The number of hydrogen-bond donors (Lipinski definition) is 2. The van der Waals surface area contributed by atoms with Gasteiger partial charge in [-0.1, -0.05) is 12.1 Å². The molecule has 1 saturated carbocycles. The lowest BCUT2D eigenvalue weighted by molar-refractivity contribution is -0.120. The Labute approximate surface area is 135 Å². The van der Waals surface area contributed by atoms with Gasteiger partial charge < -0.3 is 9.73 Å². The fourth-order valence-corrected chi connectivity index (χ4v) is 2.50. The molecule has 1 aromatic carbocycles. The number of hydrogen-bond acceptors (Lipinski definition) is 5. The maximum absolute atomic E-state index is 12.5. The number of para-hydroxylation sites is 1. The van der Waals surface area contributed by atoms with E-state index < -0.39 is 17.5 Å². The molecule has 8 heteroatoms. The molecule has 0 atom stereocenters. The number of benzene rings is 1. The van der Waals surface area contributed by atoms with Crippen molar-refractivity contribution in [2.45, 2.75) is 25.4 Å². The summed E-state index contributed by atoms with van der Waals surface area (Å²) in [6.07, 6.45) is 3.13. The fraction of sp³-hybridized carbons (Fsp3) is 0.250. The molecule has 0 saturated heterocycles. The lowest BCUT2D eigenvalue weighted by atomic mass is 10.2. The first-order valence-corrected chi connectivity index (χ1v) is 7.59. The van der Waals surface area contributed by atoms with Crippen molar-refractivity contribution in [3.8, 4) is 0 Å². The van der Waals surface area contributed by atoms with Gasteiger partial charge >= 0.3 is 6.03 Å². The van der Waals surface area contributed by atoms with Crippen LogP contribution in [0.15, 0.2) is 39.8 Å². The summed E-state index contributed by atoms with van der Waals surface area (Å²) in [4.78, 5) is 40.1. The van der Waals surface area contributed by atoms with E-state index in [2.05, 4.69) is 15.6 Å². The smallest absolute Gasteiger partial charge is 0.321 e. The van der Waals surface area contributed by atoms with Gasteiger partial charge in [0.2, 0.25) is 11.5 Å². The molecule has 4 rings (SSSR count). The van der Waals surface area contributed by atoms with Crippen molar-refractivity contribution in [1.29, 1.82) is 0 Å². The fourth-order valence-electron chi connectivity index (χ4n) is 2.50. The molecule has 122 valence electrons. The molecule has 0 aliphatic heterocycles. The molecule has 0 unspecified atom stereocenters. The number of nitrogens with one attached hydrogen (secondary N) is 2. The number of urea groups is 1. The van der Waals surface area contributed by atoms with Crippen molar-refractivity contribution in [3.05, 3.63) is 40.9 Å². The van der Waals surface area contributed by atoms with E-state index in [0.29, 0.717) is 11.1 Å². The van der Waals surface area contributed by atoms with Gasteiger partial charge in [0.25, 0.3) is 5.56 Å². The summed E-state index contributed by atoms with van der Waals surface area (Å²) in [5.74, 6) is -0.590. The van der Waals surface area contributed by atoms with E-state index >= 15 is 0 Å². The first-order valence-electron chi connectivity index (χ1n) is 7.59. The summed E-state index contributed by atoms with van der Waals surface area (Å²) in [6.45, 7) is -0.309. The van der Waals surface area contributed by atoms with E-state index in [1.807, 2.05) is 12.1 Å². The van der Waals surface area contributed by atoms with Gasteiger partial charge in [0, 0.05) is 11.4 Å². The average Bonchev–Trinajstić information content (AvgIpc) is 3.27. The van der Waals surface area contributed by atoms with E-state index in [9.17, 15) is 14.4 Å². The molecule has 0 spiro atoms. The maximum Gasteiger partial charge on any atom is 0.321 e.